The molecule has 0 aliphatic carbocycles. The summed E-state index contributed by atoms with van der Waals surface area (Å²) in [4.78, 5) is 0. The fourth-order valence-electron chi connectivity index (χ4n) is 2.44. The van der Waals surface area contributed by atoms with Crippen LogP contribution in [0.15, 0.2) is 0 Å². The van der Waals surface area contributed by atoms with Gasteiger partial charge in [0.1, 0.15) is 0 Å². The van der Waals surface area contributed by atoms with Gasteiger partial charge in [0.15, 0.2) is 0 Å². The number of hydrogen-bond donors (Lipinski definition) is 1. The molecule has 0 bridgehead atoms. The average molecular weight is 245 g/mol. The molecule has 0 saturated carbocycles. The van der Waals surface area contributed by atoms with Crippen LogP contribution in [0.5, 0.6) is 0 Å². The zero-order valence-electron chi connectivity index (χ0n) is 11.5. The highest BCUT2D eigenvalue weighted by atomic mass is 16.5. The lowest BCUT2D eigenvalue weighted by Crippen LogP contribution is -2.56. The molecule has 1 fully saturated rings. The van der Waals surface area contributed by atoms with Crippen LogP contribution in [0.4, 0.5) is 0 Å². The van der Waals surface area contributed by atoms with E-state index >= 15 is 0 Å². The molecule has 1 aliphatic heterocycles. The number of likely N-dealkylation sites (N-methyl/N-ethyl adjacent to an activating group) is 1. The lowest BCUT2D eigenvalue weighted by Gasteiger charge is -2.42. The van der Waals surface area contributed by atoms with Gasteiger partial charge in [0, 0.05) is 39.3 Å². The van der Waals surface area contributed by atoms with Gasteiger partial charge in [-0.1, -0.05) is 6.92 Å². The van der Waals surface area contributed by atoms with Crippen LogP contribution in [0.25, 0.3) is 0 Å². The van der Waals surface area contributed by atoms with E-state index < -0.39 is 0 Å². The molecule has 1 saturated heterocycles. The summed E-state index contributed by atoms with van der Waals surface area (Å²) >= 11 is 0. The first-order valence-electron chi connectivity index (χ1n) is 6.75. The molecule has 1 atom stereocenters. The number of rotatable bonds is 8. The summed E-state index contributed by atoms with van der Waals surface area (Å²) in [5.41, 5.74) is -0.116. The van der Waals surface area contributed by atoms with Crippen LogP contribution in [-0.4, -0.2) is 51.7 Å². The zero-order chi connectivity index (χ0) is 12.6. The first-order chi connectivity index (χ1) is 8.29. The van der Waals surface area contributed by atoms with Crippen LogP contribution in [0.3, 0.4) is 0 Å². The Bertz CT molecular complexity index is 188. The van der Waals surface area contributed by atoms with E-state index in [1.807, 2.05) is 7.05 Å². The number of ether oxygens (including phenoxy) is 3. The molecule has 1 N–H and O–H groups in total. The second-order valence-corrected chi connectivity index (χ2v) is 4.53. The molecule has 1 rings (SSSR count). The van der Waals surface area contributed by atoms with Gasteiger partial charge in [-0.2, -0.15) is 0 Å². The highest BCUT2D eigenvalue weighted by Crippen LogP contribution is 2.29. The van der Waals surface area contributed by atoms with Crippen molar-refractivity contribution in [1.82, 2.24) is 5.32 Å². The van der Waals surface area contributed by atoms with E-state index in [1.54, 1.807) is 0 Å². The van der Waals surface area contributed by atoms with Gasteiger partial charge in [0.2, 0.25) is 0 Å². The van der Waals surface area contributed by atoms with Gasteiger partial charge in [-0.3, -0.25) is 0 Å². The van der Waals surface area contributed by atoms with Crippen molar-refractivity contribution < 1.29 is 14.2 Å². The molecule has 4 heteroatoms. The van der Waals surface area contributed by atoms with Crippen molar-refractivity contribution in [3.63, 3.8) is 0 Å². The third-order valence-electron chi connectivity index (χ3n) is 3.39. The van der Waals surface area contributed by atoms with E-state index in [-0.39, 0.29) is 11.6 Å². The fraction of sp³-hybridized carbons (Fsp3) is 1.00. The maximum absolute atomic E-state index is 6.03. The second kappa shape index (κ2) is 8.03. The summed E-state index contributed by atoms with van der Waals surface area (Å²) in [5.74, 6) is 0. The molecule has 0 amide bonds. The van der Waals surface area contributed by atoms with Gasteiger partial charge in [-0.15, -0.1) is 0 Å². The van der Waals surface area contributed by atoms with Crippen LogP contribution in [-0.2, 0) is 14.2 Å². The molecule has 4 nitrogen and oxygen atoms in total. The van der Waals surface area contributed by atoms with E-state index in [2.05, 4.69) is 19.2 Å². The van der Waals surface area contributed by atoms with E-state index in [0.29, 0.717) is 6.61 Å². The van der Waals surface area contributed by atoms with Gasteiger partial charge in [0.05, 0.1) is 18.2 Å². The summed E-state index contributed by atoms with van der Waals surface area (Å²) in [6, 6.07) is 0.248. The van der Waals surface area contributed by atoms with Gasteiger partial charge in [-0.25, -0.2) is 0 Å². The fourth-order valence-corrected chi connectivity index (χ4v) is 2.44. The Morgan fingerprint density at radius 1 is 1.29 bits per heavy atom. The van der Waals surface area contributed by atoms with E-state index in [1.165, 1.54) is 0 Å². The molecule has 1 heterocycles. The highest BCUT2D eigenvalue weighted by molar-refractivity contribution is 4.94. The minimum atomic E-state index is -0.116. The predicted molar refractivity (Wildman–Crippen MR) is 68.4 cm³/mol. The zero-order valence-corrected chi connectivity index (χ0v) is 11.5. The molecule has 17 heavy (non-hydrogen) atoms. The number of hydrogen-bond acceptors (Lipinski definition) is 4. The molecule has 1 unspecified atom stereocenters. The summed E-state index contributed by atoms with van der Waals surface area (Å²) in [6.45, 7) is 8.02. The maximum atomic E-state index is 6.03. The molecule has 1 aliphatic rings. The van der Waals surface area contributed by atoms with Gasteiger partial charge in [0.25, 0.3) is 0 Å². The van der Waals surface area contributed by atoms with Crippen molar-refractivity contribution in [2.24, 2.45) is 0 Å². The Morgan fingerprint density at radius 2 is 2.00 bits per heavy atom. The van der Waals surface area contributed by atoms with E-state index in [4.69, 9.17) is 14.2 Å². The molecule has 102 valence electrons. The van der Waals surface area contributed by atoms with Gasteiger partial charge >= 0.3 is 0 Å². The molecule has 0 radical (unpaired) electrons. The van der Waals surface area contributed by atoms with Crippen molar-refractivity contribution in [2.75, 3.05) is 40.1 Å². The topological polar surface area (TPSA) is 39.7 Å². The van der Waals surface area contributed by atoms with Crippen LogP contribution in [0, 0.1) is 0 Å². The monoisotopic (exact) mass is 245 g/mol. The van der Waals surface area contributed by atoms with Crippen molar-refractivity contribution in [3.8, 4) is 0 Å². The Morgan fingerprint density at radius 3 is 2.53 bits per heavy atom. The highest BCUT2D eigenvalue weighted by Gasteiger charge is 2.40. The summed E-state index contributed by atoms with van der Waals surface area (Å²) in [7, 11) is 1.98. The summed E-state index contributed by atoms with van der Waals surface area (Å²) in [6.07, 6.45) is 2.95. The molecule has 0 aromatic rings. The number of nitrogens with one attached hydrogen (secondary N) is 1. The normalized spacial score (nSPS) is 21.4. The molecular formula is C13H27NO3. The third kappa shape index (κ3) is 4.21. The third-order valence-corrected chi connectivity index (χ3v) is 3.39. The van der Waals surface area contributed by atoms with Crippen molar-refractivity contribution >= 4 is 0 Å². The quantitative estimate of drug-likeness (QED) is 0.659. The Labute approximate surface area is 105 Å². The Kier molecular flexibility index (Phi) is 7.04. The maximum Gasteiger partial charge on any atom is 0.0900 e. The minimum Gasteiger partial charge on any atom is -0.381 e. The van der Waals surface area contributed by atoms with Crippen LogP contribution >= 0.6 is 0 Å². The van der Waals surface area contributed by atoms with Gasteiger partial charge in [-0.05, 0) is 20.4 Å². The SMILES string of the molecule is CCCOCC(NC)C1(OCC)CCOCC1. The average Bonchev–Trinajstić information content (AvgIpc) is 2.36. The van der Waals surface area contributed by atoms with Crippen molar-refractivity contribution in [3.05, 3.63) is 0 Å². The lowest BCUT2D eigenvalue weighted by molar-refractivity contribution is -0.136. The largest absolute Gasteiger partial charge is 0.381 e. The van der Waals surface area contributed by atoms with E-state index in [9.17, 15) is 0 Å². The molecular weight excluding hydrogens is 218 g/mol. The standard InChI is InChI=1S/C13H27NO3/c1-4-8-16-11-12(14-3)13(17-5-2)6-9-15-10-7-13/h12,14H,4-11H2,1-3H3. The second-order valence-electron chi connectivity index (χ2n) is 4.53. The Balaban J connectivity index is 2.57. The van der Waals surface area contributed by atoms with Crippen LogP contribution < -0.4 is 5.32 Å². The molecule has 0 spiro atoms. The Hall–Kier alpha value is -0.160. The van der Waals surface area contributed by atoms with Crippen molar-refractivity contribution in [1.29, 1.82) is 0 Å². The van der Waals surface area contributed by atoms with Crippen LogP contribution in [0.2, 0.25) is 0 Å². The molecule has 0 aromatic heterocycles. The van der Waals surface area contributed by atoms with Gasteiger partial charge < -0.3 is 19.5 Å². The predicted octanol–water partition coefficient (Wildman–Crippen LogP) is 1.59. The van der Waals surface area contributed by atoms with Crippen LogP contribution in [0.1, 0.15) is 33.1 Å². The lowest BCUT2D eigenvalue weighted by atomic mass is 9.86. The van der Waals surface area contributed by atoms with Crippen molar-refractivity contribution in [2.45, 2.75) is 44.8 Å². The molecule has 0 aromatic carbocycles. The summed E-state index contributed by atoms with van der Waals surface area (Å²) < 4.78 is 17.2. The minimum absolute atomic E-state index is 0.116. The smallest absolute Gasteiger partial charge is 0.0900 e. The first-order valence-corrected chi connectivity index (χ1v) is 6.75. The summed E-state index contributed by atoms with van der Waals surface area (Å²) in [5, 5.41) is 3.35. The van der Waals surface area contributed by atoms with E-state index in [0.717, 1.165) is 45.7 Å². The first kappa shape index (κ1) is 14.9.